The lowest BCUT2D eigenvalue weighted by molar-refractivity contribution is 0.0269. The Kier molecular flexibility index (Phi) is 4.61. The van der Waals surface area contributed by atoms with Gasteiger partial charge < -0.3 is 15.0 Å². The fourth-order valence-electron chi connectivity index (χ4n) is 2.22. The molecule has 1 aromatic rings. The van der Waals surface area contributed by atoms with E-state index in [9.17, 15) is 4.79 Å². The van der Waals surface area contributed by atoms with E-state index < -0.39 is 0 Å². The predicted octanol–water partition coefficient (Wildman–Crippen LogP) is 2.03. The summed E-state index contributed by atoms with van der Waals surface area (Å²) >= 11 is 6.07. The Labute approximate surface area is 117 Å². The summed E-state index contributed by atoms with van der Waals surface area (Å²) in [6, 6.07) is 1.68. The highest BCUT2D eigenvalue weighted by atomic mass is 35.5. The van der Waals surface area contributed by atoms with E-state index in [4.69, 9.17) is 16.3 Å². The molecule has 19 heavy (non-hydrogen) atoms. The van der Waals surface area contributed by atoms with Crippen LogP contribution >= 0.6 is 11.6 Å². The lowest BCUT2D eigenvalue weighted by Gasteiger charge is -2.32. The summed E-state index contributed by atoms with van der Waals surface area (Å²) in [6.07, 6.45) is 3.55. The van der Waals surface area contributed by atoms with Crippen LogP contribution in [0, 0.1) is 0 Å². The summed E-state index contributed by atoms with van der Waals surface area (Å²) in [7, 11) is 3.43. The summed E-state index contributed by atoms with van der Waals surface area (Å²) in [6.45, 7) is 1.36. The number of nitrogens with zero attached hydrogens (tertiary/aromatic N) is 2. The number of rotatable bonds is 3. The van der Waals surface area contributed by atoms with Crippen LogP contribution in [0.15, 0.2) is 12.3 Å². The molecule has 1 aromatic heterocycles. The van der Waals surface area contributed by atoms with Crippen molar-refractivity contribution in [3.05, 3.63) is 22.8 Å². The summed E-state index contributed by atoms with van der Waals surface area (Å²) in [5, 5.41) is 3.29. The SMILES string of the molecule is CNc1cc(C(=O)N2CCCC(OC)C2)c(Cl)cn1. The normalized spacial score (nSPS) is 19.3. The molecule has 1 aliphatic rings. The van der Waals surface area contributed by atoms with Gasteiger partial charge in [0.05, 0.1) is 16.7 Å². The van der Waals surface area contributed by atoms with E-state index in [1.54, 1.807) is 25.1 Å². The molecule has 1 aliphatic heterocycles. The molecule has 0 spiro atoms. The maximum atomic E-state index is 12.5. The Morgan fingerprint density at radius 1 is 1.63 bits per heavy atom. The second kappa shape index (κ2) is 6.21. The second-order valence-electron chi connectivity index (χ2n) is 4.55. The number of piperidine rings is 1. The summed E-state index contributed by atoms with van der Waals surface area (Å²) in [5.41, 5.74) is 0.484. The molecule has 104 valence electrons. The number of aromatic nitrogens is 1. The molecule has 0 saturated carbocycles. The van der Waals surface area contributed by atoms with Crippen LogP contribution in [0.2, 0.25) is 5.02 Å². The number of halogens is 1. The van der Waals surface area contributed by atoms with Gasteiger partial charge in [-0.1, -0.05) is 11.6 Å². The molecule has 6 heteroatoms. The molecule has 2 rings (SSSR count). The van der Waals surface area contributed by atoms with Gasteiger partial charge in [-0.25, -0.2) is 4.98 Å². The minimum absolute atomic E-state index is 0.0642. The Morgan fingerprint density at radius 3 is 3.11 bits per heavy atom. The predicted molar refractivity (Wildman–Crippen MR) is 74.7 cm³/mol. The number of ether oxygens (including phenoxy) is 1. The Hall–Kier alpha value is -1.33. The summed E-state index contributed by atoms with van der Waals surface area (Å²) in [5.74, 6) is 0.568. The molecule has 1 amide bonds. The van der Waals surface area contributed by atoms with E-state index in [1.807, 2.05) is 0 Å². The van der Waals surface area contributed by atoms with Crippen LogP contribution < -0.4 is 5.32 Å². The Morgan fingerprint density at radius 2 is 2.42 bits per heavy atom. The molecule has 0 aliphatic carbocycles. The van der Waals surface area contributed by atoms with Gasteiger partial charge in [-0.2, -0.15) is 0 Å². The number of methoxy groups -OCH3 is 1. The smallest absolute Gasteiger partial charge is 0.255 e. The van der Waals surface area contributed by atoms with Gasteiger partial charge in [0.15, 0.2) is 0 Å². The minimum atomic E-state index is -0.0642. The topological polar surface area (TPSA) is 54.5 Å². The Bertz CT molecular complexity index is 467. The van der Waals surface area contributed by atoms with Crippen LogP contribution in [-0.2, 0) is 4.74 Å². The third-order valence-electron chi connectivity index (χ3n) is 3.34. The number of nitrogens with one attached hydrogen (secondary N) is 1. The average molecular weight is 284 g/mol. The van der Waals surface area contributed by atoms with Crippen molar-refractivity contribution in [2.24, 2.45) is 0 Å². The van der Waals surface area contributed by atoms with Gasteiger partial charge in [0.25, 0.3) is 5.91 Å². The van der Waals surface area contributed by atoms with Gasteiger partial charge in [0, 0.05) is 33.4 Å². The first kappa shape index (κ1) is 14.1. The van der Waals surface area contributed by atoms with E-state index in [0.29, 0.717) is 22.9 Å². The van der Waals surface area contributed by atoms with E-state index in [1.165, 1.54) is 6.20 Å². The standard InChI is InChI=1S/C13H18ClN3O2/c1-15-12-6-10(11(14)7-16-12)13(18)17-5-3-4-9(8-17)19-2/h6-7,9H,3-5,8H2,1-2H3,(H,15,16). The molecule has 1 N–H and O–H groups in total. The number of carbonyl (C=O) groups excluding carboxylic acids is 1. The first-order chi connectivity index (χ1) is 9.15. The maximum absolute atomic E-state index is 12.5. The molecule has 1 unspecified atom stereocenters. The van der Waals surface area contributed by atoms with Gasteiger partial charge in [0.1, 0.15) is 5.82 Å². The van der Waals surface area contributed by atoms with Gasteiger partial charge in [-0.3, -0.25) is 4.79 Å². The van der Waals surface area contributed by atoms with Crippen molar-refractivity contribution in [3.63, 3.8) is 0 Å². The van der Waals surface area contributed by atoms with Crippen LogP contribution in [0.4, 0.5) is 5.82 Å². The molecule has 0 bridgehead atoms. The highest BCUT2D eigenvalue weighted by Crippen LogP contribution is 2.22. The number of hydrogen-bond acceptors (Lipinski definition) is 4. The lowest BCUT2D eigenvalue weighted by atomic mass is 10.1. The number of hydrogen-bond donors (Lipinski definition) is 1. The van der Waals surface area contributed by atoms with Crippen molar-refractivity contribution in [1.29, 1.82) is 0 Å². The molecule has 1 fully saturated rings. The quantitative estimate of drug-likeness (QED) is 0.922. The van der Waals surface area contributed by atoms with Crippen molar-refractivity contribution < 1.29 is 9.53 Å². The molecule has 1 atom stereocenters. The second-order valence-corrected chi connectivity index (χ2v) is 4.96. The van der Waals surface area contributed by atoms with Crippen molar-refractivity contribution in [3.8, 4) is 0 Å². The van der Waals surface area contributed by atoms with Crippen molar-refractivity contribution in [1.82, 2.24) is 9.88 Å². The third-order valence-corrected chi connectivity index (χ3v) is 3.64. The van der Waals surface area contributed by atoms with E-state index >= 15 is 0 Å². The van der Waals surface area contributed by atoms with Crippen LogP contribution in [0.3, 0.4) is 0 Å². The lowest BCUT2D eigenvalue weighted by Crippen LogP contribution is -2.43. The molecule has 5 nitrogen and oxygen atoms in total. The zero-order chi connectivity index (χ0) is 13.8. The maximum Gasteiger partial charge on any atom is 0.255 e. The first-order valence-electron chi connectivity index (χ1n) is 6.31. The average Bonchev–Trinajstić information content (AvgIpc) is 2.47. The van der Waals surface area contributed by atoms with Crippen LogP contribution in [0.25, 0.3) is 0 Å². The molecular formula is C13H18ClN3O2. The summed E-state index contributed by atoms with van der Waals surface area (Å²) in [4.78, 5) is 18.3. The number of carbonyl (C=O) groups is 1. The van der Waals surface area contributed by atoms with Gasteiger partial charge in [0.2, 0.25) is 0 Å². The highest BCUT2D eigenvalue weighted by molar-refractivity contribution is 6.33. The Balaban J connectivity index is 2.18. The number of amides is 1. The first-order valence-corrected chi connectivity index (χ1v) is 6.69. The largest absolute Gasteiger partial charge is 0.380 e. The summed E-state index contributed by atoms with van der Waals surface area (Å²) < 4.78 is 5.33. The van der Waals surface area contributed by atoms with Gasteiger partial charge in [-0.05, 0) is 18.9 Å². The molecular weight excluding hydrogens is 266 g/mol. The van der Waals surface area contributed by atoms with Crippen LogP contribution in [0.5, 0.6) is 0 Å². The van der Waals surface area contributed by atoms with Gasteiger partial charge >= 0.3 is 0 Å². The minimum Gasteiger partial charge on any atom is -0.380 e. The molecule has 2 heterocycles. The van der Waals surface area contributed by atoms with Crippen LogP contribution in [0.1, 0.15) is 23.2 Å². The molecule has 1 saturated heterocycles. The van der Waals surface area contributed by atoms with Gasteiger partial charge in [-0.15, -0.1) is 0 Å². The highest BCUT2D eigenvalue weighted by Gasteiger charge is 2.25. The monoisotopic (exact) mass is 283 g/mol. The fourth-order valence-corrected chi connectivity index (χ4v) is 2.41. The van der Waals surface area contributed by atoms with Crippen LogP contribution in [-0.4, -0.2) is 49.1 Å². The van der Waals surface area contributed by atoms with Crippen molar-refractivity contribution in [2.75, 3.05) is 32.6 Å². The zero-order valence-electron chi connectivity index (χ0n) is 11.1. The third kappa shape index (κ3) is 3.16. The van der Waals surface area contributed by atoms with E-state index in [-0.39, 0.29) is 12.0 Å². The number of pyridine rings is 1. The number of anilines is 1. The van der Waals surface area contributed by atoms with Crippen molar-refractivity contribution in [2.45, 2.75) is 18.9 Å². The fraction of sp³-hybridized carbons (Fsp3) is 0.538. The van der Waals surface area contributed by atoms with Crippen molar-refractivity contribution >= 4 is 23.3 Å². The van der Waals surface area contributed by atoms with E-state index in [0.717, 1.165) is 19.4 Å². The molecule has 0 aromatic carbocycles. The van der Waals surface area contributed by atoms with E-state index in [2.05, 4.69) is 10.3 Å². The number of likely N-dealkylation sites (tertiary alicyclic amines) is 1. The molecule has 0 radical (unpaired) electrons. The zero-order valence-corrected chi connectivity index (χ0v) is 11.9.